The number of aromatic nitrogens is 2. The first-order valence-corrected chi connectivity index (χ1v) is 6.32. The lowest BCUT2D eigenvalue weighted by atomic mass is 10.2. The van der Waals surface area contributed by atoms with Gasteiger partial charge in [0, 0.05) is 19.5 Å². The molecule has 0 bridgehead atoms. The topological polar surface area (TPSA) is 116 Å². The second-order valence-electron chi connectivity index (χ2n) is 4.53. The standard InChI is InChI=1S/C12H16N4O4/c1-2-13-11(18)8-3-4-10(15-14-8)16-6-7(17)5-9(16)12(19)20/h3-4,7,9,17H,2,5-6H2,1H3,(H,13,18)(H,19,20). The molecule has 1 amide bonds. The molecule has 2 unspecified atom stereocenters. The Kier molecular flexibility index (Phi) is 4.14. The van der Waals surface area contributed by atoms with Gasteiger partial charge in [0.15, 0.2) is 11.5 Å². The Morgan fingerprint density at radius 2 is 2.20 bits per heavy atom. The molecule has 108 valence electrons. The lowest BCUT2D eigenvalue weighted by Crippen LogP contribution is -2.36. The lowest BCUT2D eigenvalue weighted by Gasteiger charge is -2.21. The predicted molar refractivity (Wildman–Crippen MR) is 69.4 cm³/mol. The summed E-state index contributed by atoms with van der Waals surface area (Å²) in [5, 5.41) is 28.9. The molecule has 1 aromatic rings. The Hall–Kier alpha value is -2.22. The number of amides is 1. The van der Waals surface area contributed by atoms with Gasteiger partial charge in [-0.3, -0.25) is 4.79 Å². The van der Waals surface area contributed by atoms with Gasteiger partial charge < -0.3 is 20.4 Å². The van der Waals surface area contributed by atoms with E-state index in [2.05, 4.69) is 15.5 Å². The Labute approximate surface area is 115 Å². The van der Waals surface area contributed by atoms with E-state index in [1.54, 1.807) is 6.92 Å². The highest BCUT2D eigenvalue weighted by Gasteiger charge is 2.36. The molecule has 0 aromatic carbocycles. The fourth-order valence-corrected chi connectivity index (χ4v) is 2.15. The summed E-state index contributed by atoms with van der Waals surface area (Å²) in [6.07, 6.45) is -0.560. The van der Waals surface area contributed by atoms with Crippen molar-refractivity contribution < 1.29 is 19.8 Å². The van der Waals surface area contributed by atoms with Gasteiger partial charge in [-0.1, -0.05) is 0 Å². The maximum Gasteiger partial charge on any atom is 0.326 e. The quantitative estimate of drug-likeness (QED) is 0.664. The maximum absolute atomic E-state index is 11.5. The molecular weight excluding hydrogens is 264 g/mol. The number of β-amino-alcohol motifs (C(OH)–C–C–N with tert-alkyl or cyclic N) is 1. The molecule has 2 atom stereocenters. The number of anilines is 1. The van der Waals surface area contributed by atoms with E-state index in [1.165, 1.54) is 17.0 Å². The largest absolute Gasteiger partial charge is 0.480 e. The van der Waals surface area contributed by atoms with Gasteiger partial charge >= 0.3 is 5.97 Å². The molecular formula is C12H16N4O4. The molecule has 0 spiro atoms. The molecule has 20 heavy (non-hydrogen) atoms. The van der Waals surface area contributed by atoms with Crippen LogP contribution in [-0.2, 0) is 4.79 Å². The summed E-state index contributed by atoms with van der Waals surface area (Å²) in [6.45, 7) is 2.47. The monoisotopic (exact) mass is 280 g/mol. The van der Waals surface area contributed by atoms with E-state index < -0.39 is 18.1 Å². The summed E-state index contributed by atoms with van der Waals surface area (Å²) in [4.78, 5) is 24.1. The number of carboxylic acid groups (broad SMARTS) is 1. The van der Waals surface area contributed by atoms with Crippen LogP contribution in [0, 0.1) is 0 Å². The van der Waals surface area contributed by atoms with E-state index >= 15 is 0 Å². The van der Waals surface area contributed by atoms with Gasteiger partial charge in [-0.15, -0.1) is 10.2 Å². The first kappa shape index (κ1) is 14.2. The number of aliphatic hydroxyl groups excluding tert-OH is 1. The molecule has 8 heteroatoms. The highest BCUT2D eigenvalue weighted by molar-refractivity contribution is 5.92. The van der Waals surface area contributed by atoms with Crippen LogP contribution in [-0.4, -0.2) is 57.5 Å². The number of rotatable bonds is 4. The van der Waals surface area contributed by atoms with Crippen molar-refractivity contribution >= 4 is 17.7 Å². The number of aliphatic hydroxyl groups is 1. The Morgan fingerprint density at radius 3 is 2.75 bits per heavy atom. The summed E-state index contributed by atoms with van der Waals surface area (Å²) < 4.78 is 0. The second-order valence-corrected chi connectivity index (χ2v) is 4.53. The van der Waals surface area contributed by atoms with Gasteiger partial charge in [-0.2, -0.15) is 0 Å². The number of hydrogen-bond acceptors (Lipinski definition) is 6. The minimum Gasteiger partial charge on any atom is -0.480 e. The number of nitrogens with one attached hydrogen (secondary N) is 1. The van der Waals surface area contributed by atoms with Crippen molar-refractivity contribution in [2.45, 2.75) is 25.5 Å². The van der Waals surface area contributed by atoms with Crippen LogP contribution in [0.25, 0.3) is 0 Å². The minimum absolute atomic E-state index is 0.148. The number of carbonyl (C=O) groups is 2. The van der Waals surface area contributed by atoms with E-state index in [0.717, 1.165) is 0 Å². The van der Waals surface area contributed by atoms with Gasteiger partial charge in [0.25, 0.3) is 5.91 Å². The fraction of sp³-hybridized carbons (Fsp3) is 0.500. The molecule has 1 fully saturated rings. The second kappa shape index (κ2) is 5.83. The van der Waals surface area contributed by atoms with E-state index in [1.807, 2.05) is 0 Å². The third kappa shape index (κ3) is 2.85. The molecule has 0 radical (unpaired) electrons. The molecule has 3 N–H and O–H groups in total. The van der Waals surface area contributed by atoms with Crippen LogP contribution >= 0.6 is 0 Å². The van der Waals surface area contributed by atoms with Crippen LogP contribution in [0.5, 0.6) is 0 Å². The number of nitrogens with zero attached hydrogens (tertiary/aromatic N) is 3. The molecule has 1 aliphatic rings. The van der Waals surface area contributed by atoms with Crippen LogP contribution in [0.3, 0.4) is 0 Å². The zero-order valence-electron chi connectivity index (χ0n) is 11.0. The van der Waals surface area contributed by atoms with Crippen molar-refractivity contribution in [3.63, 3.8) is 0 Å². The molecule has 2 rings (SSSR count). The molecule has 1 aliphatic heterocycles. The Bertz CT molecular complexity index is 505. The van der Waals surface area contributed by atoms with E-state index in [9.17, 15) is 14.7 Å². The summed E-state index contributed by atoms with van der Waals surface area (Å²) >= 11 is 0. The number of hydrogen-bond donors (Lipinski definition) is 3. The number of carbonyl (C=O) groups excluding carboxylic acids is 1. The summed E-state index contributed by atoms with van der Waals surface area (Å²) in [5.41, 5.74) is 0.169. The number of carboxylic acids is 1. The van der Waals surface area contributed by atoms with Crippen LogP contribution in [0.15, 0.2) is 12.1 Å². The van der Waals surface area contributed by atoms with Gasteiger partial charge in [0.2, 0.25) is 0 Å². The lowest BCUT2D eigenvalue weighted by molar-refractivity contribution is -0.138. The molecule has 8 nitrogen and oxygen atoms in total. The van der Waals surface area contributed by atoms with E-state index in [0.29, 0.717) is 12.4 Å². The predicted octanol–water partition coefficient (Wildman–Crippen LogP) is -0.749. The molecule has 2 heterocycles. The van der Waals surface area contributed by atoms with Crippen LogP contribution in [0.2, 0.25) is 0 Å². The average molecular weight is 280 g/mol. The normalized spacial score (nSPS) is 21.8. The van der Waals surface area contributed by atoms with Crippen LogP contribution in [0.4, 0.5) is 5.82 Å². The van der Waals surface area contributed by atoms with Crippen LogP contribution < -0.4 is 10.2 Å². The minimum atomic E-state index is -1.02. The van der Waals surface area contributed by atoms with Crippen molar-refractivity contribution in [1.29, 1.82) is 0 Å². The Morgan fingerprint density at radius 1 is 1.45 bits per heavy atom. The zero-order valence-corrected chi connectivity index (χ0v) is 11.0. The van der Waals surface area contributed by atoms with Crippen molar-refractivity contribution in [1.82, 2.24) is 15.5 Å². The highest BCUT2D eigenvalue weighted by Crippen LogP contribution is 2.23. The van der Waals surface area contributed by atoms with Gasteiger partial charge in [-0.25, -0.2) is 4.79 Å². The molecule has 0 saturated carbocycles. The highest BCUT2D eigenvalue weighted by atomic mass is 16.4. The first-order chi connectivity index (χ1) is 9.52. The van der Waals surface area contributed by atoms with Gasteiger partial charge in [0.1, 0.15) is 6.04 Å². The van der Waals surface area contributed by atoms with Crippen molar-refractivity contribution in [2.75, 3.05) is 18.0 Å². The van der Waals surface area contributed by atoms with Gasteiger partial charge in [0.05, 0.1) is 6.10 Å². The fourth-order valence-electron chi connectivity index (χ4n) is 2.15. The summed E-state index contributed by atoms with van der Waals surface area (Å²) in [5.74, 6) is -1.01. The molecule has 0 aliphatic carbocycles. The molecule has 1 aromatic heterocycles. The van der Waals surface area contributed by atoms with Crippen molar-refractivity contribution in [2.24, 2.45) is 0 Å². The first-order valence-electron chi connectivity index (χ1n) is 6.32. The third-order valence-corrected chi connectivity index (χ3v) is 3.08. The Balaban J connectivity index is 2.17. The molecule has 1 saturated heterocycles. The SMILES string of the molecule is CCNC(=O)c1ccc(N2CC(O)CC2C(=O)O)nn1. The maximum atomic E-state index is 11.5. The average Bonchev–Trinajstić information content (AvgIpc) is 2.81. The van der Waals surface area contributed by atoms with E-state index in [4.69, 9.17) is 5.11 Å². The smallest absolute Gasteiger partial charge is 0.326 e. The zero-order chi connectivity index (χ0) is 14.7. The van der Waals surface area contributed by atoms with Crippen molar-refractivity contribution in [3.05, 3.63) is 17.8 Å². The summed E-state index contributed by atoms with van der Waals surface area (Å²) in [7, 11) is 0. The van der Waals surface area contributed by atoms with Crippen LogP contribution in [0.1, 0.15) is 23.8 Å². The van der Waals surface area contributed by atoms with Crippen molar-refractivity contribution in [3.8, 4) is 0 Å². The summed E-state index contributed by atoms with van der Waals surface area (Å²) in [6, 6.07) is 2.19. The third-order valence-electron chi connectivity index (χ3n) is 3.08. The van der Waals surface area contributed by atoms with Gasteiger partial charge in [-0.05, 0) is 19.1 Å². The van der Waals surface area contributed by atoms with E-state index in [-0.39, 0.29) is 24.6 Å². The number of aliphatic carboxylic acids is 1.